The molecule has 4 rings (SSSR count). The van der Waals surface area contributed by atoms with Crippen molar-refractivity contribution in [1.82, 2.24) is 0 Å². The summed E-state index contributed by atoms with van der Waals surface area (Å²) in [5, 5.41) is 5.32. The second-order valence-electron chi connectivity index (χ2n) is 4.92. The Morgan fingerprint density at radius 2 is 1.12 bits per heavy atom. The second-order valence-corrected chi connectivity index (χ2v) is 6.39. The number of rotatable bonds is 1. The van der Waals surface area contributed by atoms with E-state index in [1.165, 1.54) is 51.5 Å². The fraction of sp³-hybridized carbons (Fsp3) is 0.100. The first kappa shape index (κ1) is 23.2. The van der Waals surface area contributed by atoms with Crippen LogP contribution in [0.15, 0.2) is 84.9 Å². The third-order valence-corrected chi connectivity index (χ3v) is 4.77. The van der Waals surface area contributed by atoms with Crippen molar-refractivity contribution in [3.63, 3.8) is 0 Å². The summed E-state index contributed by atoms with van der Waals surface area (Å²) in [6.07, 6.45) is 1.26. The summed E-state index contributed by atoms with van der Waals surface area (Å²) in [5.74, 6) is 0. The summed E-state index contributed by atoms with van der Waals surface area (Å²) in [6, 6.07) is 29.3. The Hall–Kier alpha value is -0.825. The number of hydrogen-bond donors (Lipinski definition) is 0. The van der Waals surface area contributed by atoms with Gasteiger partial charge in [-0.25, -0.2) is 0 Å². The maximum Gasteiger partial charge on any atom is -0.0809 e. The van der Waals surface area contributed by atoms with Crippen molar-refractivity contribution in [2.75, 3.05) is 0 Å². The molecule has 0 aliphatic heterocycles. The minimum atomic E-state index is 0. The van der Waals surface area contributed by atoms with Gasteiger partial charge in [-0.2, -0.15) is 35.0 Å². The summed E-state index contributed by atoms with van der Waals surface area (Å²) >= 11 is 1.26. The molecule has 0 aliphatic carbocycles. The Kier molecular flexibility index (Phi) is 13.0. The van der Waals surface area contributed by atoms with Gasteiger partial charge < -0.3 is 0 Å². The van der Waals surface area contributed by atoms with Crippen LogP contribution in [0, 0.1) is 0 Å². The van der Waals surface area contributed by atoms with Crippen molar-refractivity contribution >= 4 is 50.8 Å². The predicted molar refractivity (Wildman–Crippen MR) is 110 cm³/mol. The maximum absolute atomic E-state index is 2.26. The van der Waals surface area contributed by atoms with Gasteiger partial charge in [-0.1, -0.05) is 12.1 Å². The van der Waals surface area contributed by atoms with Crippen LogP contribution < -0.4 is 0 Å². The van der Waals surface area contributed by atoms with Crippen LogP contribution in [0.25, 0.3) is 21.5 Å². The standard InChI is InChI=1S/2C9H7.C2H5B.2ClH.Hf/c2*1-2-5-9-7-3-6-8(9)4-1;1-2-3;;;/h2*1-7H;2H2,1H3;2*1H;/q2*-1;;;;+2. The van der Waals surface area contributed by atoms with Crippen LogP contribution in [0.3, 0.4) is 0 Å². The summed E-state index contributed by atoms with van der Waals surface area (Å²) < 4.78 is 2.26. The molecule has 0 fully saturated rings. The van der Waals surface area contributed by atoms with Crippen molar-refractivity contribution in [1.29, 1.82) is 0 Å². The fourth-order valence-corrected chi connectivity index (χ4v) is 2.14. The van der Waals surface area contributed by atoms with E-state index in [0.717, 1.165) is 0 Å². The topological polar surface area (TPSA) is 0 Å². The molecular weight excluding hydrogens is 500 g/mol. The van der Waals surface area contributed by atoms with Gasteiger partial charge in [0.15, 0.2) is 0 Å². The normalized spacial score (nSPS) is 8.62. The number of benzene rings is 2. The third-order valence-electron chi connectivity index (χ3n) is 3.30. The van der Waals surface area contributed by atoms with E-state index in [-0.39, 0.29) is 24.8 Å². The molecule has 4 aromatic rings. The van der Waals surface area contributed by atoms with Gasteiger partial charge in [0.05, 0.1) is 0 Å². The Morgan fingerprint density at radius 1 is 0.750 bits per heavy atom. The van der Waals surface area contributed by atoms with Crippen LogP contribution in [-0.2, 0) is 23.6 Å². The Labute approximate surface area is 171 Å². The molecule has 0 heterocycles. The molecule has 4 heteroatoms. The molecule has 0 radical (unpaired) electrons. The molecule has 0 aliphatic rings. The molecule has 122 valence electrons. The van der Waals surface area contributed by atoms with E-state index in [4.69, 9.17) is 0 Å². The summed E-state index contributed by atoms with van der Waals surface area (Å²) in [7, 11) is 0. The van der Waals surface area contributed by atoms with E-state index >= 15 is 0 Å². The molecule has 24 heavy (non-hydrogen) atoms. The van der Waals surface area contributed by atoms with Crippen LogP contribution in [0.4, 0.5) is 0 Å². The summed E-state index contributed by atoms with van der Waals surface area (Å²) in [5.41, 5.74) is 0. The first-order valence-electron chi connectivity index (χ1n) is 7.55. The Balaban J connectivity index is 0.000000341. The molecule has 0 saturated heterocycles. The predicted octanol–water partition coefficient (Wildman–Crippen LogP) is 6.55. The molecule has 0 unspecified atom stereocenters. The van der Waals surface area contributed by atoms with Crippen LogP contribution in [0.1, 0.15) is 6.92 Å². The van der Waals surface area contributed by atoms with Gasteiger partial charge in [0.2, 0.25) is 0 Å². The van der Waals surface area contributed by atoms with E-state index in [0.29, 0.717) is 0 Å². The van der Waals surface area contributed by atoms with Crippen LogP contribution in [0.5, 0.6) is 0 Å². The van der Waals surface area contributed by atoms with Gasteiger partial charge in [0.25, 0.3) is 0 Å². The van der Waals surface area contributed by atoms with E-state index in [1.807, 2.05) is 0 Å². The van der Waals surface area contributed by atoms with E-state index in [1.54, 1.807) is 0 Å². The molecular formula is C20H21BCl2Hf. The van der Waals surface area contributed by atoms with Gasteiger partial charge >= 0.3 is 41.3 Å². The Morgan fingerprint density at radius 3 is 1.46 bits per heavy atom. The quantitative estimate of drug-likeness (QED) is 0.197. The number of fused-ring (bicyclic) bond motifs is 2. The second kappa shape index (κ2) is 13.5. The van der Waals surface area contributed by atoms with Crippen molar-refractivity contribution in [3.8, 4) is 0 Å². The largest absolute Gasteiger partial charge is 0.168 e. The monoisotopic (exact) mass is 522 g/mol. The van der Waals surface area contributed by atoms with Gasteiger partial charge in [0.1, 0.15) is 0 Å². The molecule has 0 bridgehead atoms. The minimum absolute atomic E-state index is 0. The van der Waals surface area contributed by atoms with Gasteiger partial charge in [0, 0.05) is 0 Å². The summed E-state index contributed by atoms with van der Waals surface area (Å²) in [4.78, 5) is 0. The van der Waals surface area contributed by atoms with E-state index < -0.39 is 0 Å². The molecule has 0 amide bonds. The fourth-order valence-electron chi connectivity index (χ4n) is 2.14. The van der Waals surface area contributed by atoms with Gasteiger partial charge in [-0.05, 0) is 0 Å². The van der Waals surface area contributed by atoms with Crippen molar-refractivity contribution in [2.45, 2.75) is 13.2 Å². The molecule has 0 atom stereocenters. The third kappa shape index (κ3) is 7.38. The van der Waals surface area contributed by atoms with Crippen LogP contribution in [-0.4, -0.2) is 4.43 Å². The zero-order valence-electron chi connectivity index (χ0n) is 13.7. The average molecular weight is 522 g/mol. The van der Waals surface area contributed by atoms with Crippen molar-refractivity contribution in [3.05, 3.63) is 84.9 Å². The zero-order chi connectivity index (χ0) is 15.6. The molecule has 0 spiro atoms. The van der Waals surface area contributed by atoms with Crippen molar-refractivity contribution < 1.29 is 23.6 Å². The first-order valence-corrected chi connectivity index (χ1v) is 9.62. The molecule has 0 saturated carbocycles. The first-order chi connectivity index (χ1) is 10.8. The maximum atomic E-state index is 2.26. The van der Waals surface area contributed by atoms with Crippen LogP contribution in [0.2, 0.25) is 6.32 Å². The van der Waals surface area contributed by atoms with E-state index in [2.05, 4.69) is 96.3 Å². The zero-order valence-corrected chi connectivity index (χ0v) is 18.9. The van der Waals surface area contributed by atoms with Crippen LogP contribution >= 0.6 is 24.8 Å². The van der Waals surface area contributed by atoms with Gasteiger partial charge in [-0.3, -0.25) is 0 Å². The Bertz CT molecular complexity index is 694. The number of halogens is 2. The molecule has 0 N–H and O–H groups in total. The smallest absolute Gasteiger partial charge is 0.0809 e. The SMILES string of the molecule is CC[B]=[Hf+2].Cl.Cl.c1ccc2[cH-]ccc2c1.c1ccc2[cH-]ccc2c1. The van der Waals surface area contributed by atoms with Gasteiger partial charge in [-0.15, -0.1) is 84.1 Å². The molecule has 0 aromatic heterocycles. The average Bonchev–Trinajstić information content (AvgIpc) is 3.24. The minimum Gasteiger partial charge on any atom is -0.168 e. The number of hydrogen-bond acceptors (Lipinski definition) is 0. The molecule has 0 nitrogen and oxygen atoms in total. The summed E-state index contributed by atoms with van der Waals surface area (Å²) in [6.45, 7) is 2.16. The van der Waals surface area contributed by atoms with E-state index in [9.17, 15) is 0 Å². The van der Waals surface area contributed by atoms with Crippen molar-refractivity contribution in [2.24, 2.45) is 0 Å². The molecule has 4 aromatic carbocycles.